The van der Waals surface area contributed by atoms with E-state index in [1.54, 1.807) is 0 Å². The number of hydrogen-bond donors (Lipinski definition) is 1. The molecule has 2 saturated heterocycles. The Balaban J connectivity index is 1.53. The molecule has 0 aromatic carbocycles. The summed E-state index contributed by atoms with van der Waals surface area (Å²) >= 11 is 2.12. The van der Waals surface area contributed by atoms with Gasteiger partial charge in [-0.1, -0.05) is 13.3 Å². The molecule has 0 aromatic heterocycles. The molecule has 2 fully saturated rings. The van der Waals surface area contributed by atoms with E-state index in [0.717, 1.165) is 17.3 Å². The molecule has 2 heterocycles. The van der Waals surface area contributed by atoms with E-state index in [4.69, 9.17) is 0 Å². The van der Waals surface area contributed by atoms with Crippen LogP contribution in [0.25, 0.3) is 0 Å². The van der Waals surface area contributed by atoms with Crippen molar-refractivity contribution in [3.05, 3.63) is 0 Å². The van der Waals surface area contributed by atoms with Crippen molar-refractivity contribution in [2.45, 2.75) is 63.3 Å². The van der Waals surface area contributed by atoms with E-state index in [0.29, 0.717) is 0 Å². The number of thioether (sulfide) groups is 1. The van der Waals surface area contributed by atoms with Gasteiger partial charge in [0.25, 0.3) is 0 Å². The van der Waals surface area contributed by atoms with Crippen molar-refractivity contribution in [1.82, 2.24) is 10.2 Å². The zero-order valence-corrected chi connectivity index (χ0v) is 12.3. The van der Waals surface area contributed by atoms with Crippen LogP contribution in [0.1, 0.15) is 46.0 Å². The average molecular weight is 256 g/mol. The van der Waals surface area contributed by atoms with Gasteiger partial charge in [0.05, 0.1) is 0 Å². The van der Waals surface area contributed by atoms with Crippen LogP contribution in [-0.4, -0.2) is 47.6 Å². The maximum Gasteiger partial charge on any atom is 0.0168 e. The molecule has 2 rings (SSSR count). The highest BCUT2D eigenvalue weighted by Crippen LogP contribution is 2.25. The molecule has 0 spiro atoms. The van der Waals surface area contributed by atoms with Crippen LogP contribution in [-0.2, 0) is 0 Å². The zero-order chi connectivity index (χ0) is 12.1. The first-order chi connectivity index (χ1) is 8.25. The van der Waals surface area contributed by atoms with Crippen LogP contribution in [0.4, 0.5) is 0 Å². The van der Waals surface area contributed by atoms with Crippen LogP contribution in [0.3, 0.4) is 0 Å². The summed E-state index contributed by atoms with van der Waals surface area (Å²) in [7, 11) is 0. The van der Waals surface area contributed by atoms with Gasteiger partial charge in [-0.05, 0) is 52.2 Å². The molecular weight excluding hydrogens is 228 g/mol. The molecular formula is C14H28N2S. The molecule has 0 radical (unpaired) electrons. The summed E-state index contributed by atoms with van der Waals surface area (Å²) in [5.74, 6) is 1.32. The van der Waals surface area contributed by atoms with Crippen molar-refractivity contribution in [1.29, 1.82) is 0 Å². The lowest BCUT2D eigenvalue weighted by Crippen LogP contribution is -2.39. The van der Waals surface area contributed by atoms with E-state index in [9.17, 15) is 0 Å². The van der Waals surface area contributed by atoms with Gasteiger partial charge in [0.2, 0.25) is 0 Å². The zero-order valence-electron chi connectivity index (χ0n) is 11.5. The van der Waals surface area contributed by atoms with Crippen LogP contribution in [0.5, 0.6) is 0 Å². The number of hydrogen-bond acceptors (Lipinski definition) is 3. The molecule has 17 heavy (non-hydrogen) atoms. The highest BCUT2D eigenvalue weighted by atomic mass is 32.2. The molecule has 3 heteroatoms. The second-order valence-electron chi connectivity index (χ2n) is 5.77. The summed E-state index contributed by atoms with van der Waals surface area (Å²) in [5, 5.41) is 4.59. The maximum atomic E-state index is 3.72. The molecule has 0 aliphatic carbocycles. The molecule has 2 aliphatic rings. The second-order valence-corrected chi connectivity index (χ2v) is 7.24. The predicted octanol–water partition coefficient (Wildman–Crippen LogP) is 2.73. The Bertz CT molecular complexity index is 222. The van der Waals surface area contributed by atoms with Gasteiger partial charge in [-0.25, -0.2) is 0 Å². The SMILES string of the molecule is CC1CC(NCCCN2CCCCC2C)CS1. The Kier molecular flexibility index (Phi) is 5.64. The number of rotatable bonds is 5. The van der Waals surface area contributed by atoms with Crippen LogP contribution >= 0.6 is 11.8 Å². The van der Waals surface area contributed by atoms with Crippen molar-refractivity contribution in [3.8, 4) is 0 Å². The normalized spacial score (nSPS) is 35.3. The first-order valence-corrected chi connectivity index (χ1v) is 8.39. The molecule has 0 saturated carbocycles. The fourth-order valence-corrected chi connectivity index (χ4v) is 4.22. The monoisotopic (exact) mass is 256 g/mol. The maximum absolute atomic E-state index is 3.72. The molecule has 0 amide bonds. The van der Waals surface area contributed by atoms with E-state index in [1.165, 1.54) is 57.5 Å². The summed E-state index contributed by atoms with van der Waals surface area (Å²) in [6.45, 7) is 8.58. The van der Waals surface area contributed by atoms with Crippen molar-refractivity contribution in [2.75, 3.05) is 25.4 Å². The summed E-state index contributed by atoms with van der Waals surface area (Å²) in [6, 6.07) is 1.61. The number of nitrogens with one attached hydrogen (secondary N) is 1. The Morgan fingerprint density at radius 1 is 1.29 bits per heavy atom. The fourth-order valence-electron chi connectivity index (χ4n) is 3.04. The molecule has 3 unspecified atom stereocenters. The topological polar surface area (TPSA) is 15.3 Å². The van der Waals surface area contributed by atoms with Gasteiger partial charge in [-0.2, -0.15) is 11.8 Å². The van der Waals surface area contributed by atoms with Crippen LogP contribution in [0, 0.1) is 0 Å². The Hall–Kier alpha value is 0.270. The minimum Gasteiger partial charge on any atom is -0.313 e. The molecule has 3 atom stereocenters. The van der Waals surface area contributed by atoms with Gasteiger partial charge < -0.3 is 10.2 Å². The van der Waals surface area contributed by atoms with E-state index < -0.39 is 0 Å². The third-order valence-electron chi connectivity index (χ3n) is 4.19. The van der Waals surface area contributed by atoms with Crippen molar-refractivity contribution in [2.24, 2.45) is 0 Å². The Labute approximate surface area is 111 Å². The van der Waals surface area contributed by atoms with Gasteiger partial charge in [-0.3, -0.25) is 0 Å². The summed E-state index contributed by atoms with van der Waals surface area (Å²) in [6.07, 6.45) is 6.94. The van der Waals surface area contributed by atoms with Gasteiger partial charge in [0, 0.05) is 23.1 Å². The lowest BCUT2D eigenvalue weighted by atomic mass is 10.0. The molecule has 100 valence electrons. The summed E-state index contributed by atoms with van der Waals surface area (Å²) < 4.78 is 0. The van der Waals surface area contributed by atoms with Crippen molar-refractivity contribution < 1.29 is 0 Å². The first kappa shape index (κ1) is 13.7. The molecule has 1 N–H and O–H groups in total. The van der Waals surface area contributed by atoms with Gasteiger partial charge in [0.1, 0.15) is 0 Å². The lowest BCUT2D eigenvalue weighted by Gasteiger charge is -2.33. The standard InChI is InChI=1S/C14H28N2S/c1-12-6-3-4-8-16(12)9-5-7-15-14-10-13(2)17-11-14/h12-15H,3-11H2,1-2H3. The highest BCUT2D eigenvalue weighted by Gasteiger charge is 2.21. The van der Waals surface area contributed by atoms with Gasteiger partial charge >= 0.3 is 0 Å². The van der Waals surface area contributed by atoms with E-state index in [2.05, 4.69) is 35.8 Å². The fraction of sp³-hybridized carbons (Fsp3) is 1.00. The highest BCUT2D eigenvalue weighted by molar-refractivity contribution is 8.00. The van der Waals surface area contributed by atoms with E-state index >= 15 is 0 Å². The third kappa shape index (κ3) is 4.46. The Morgan fingerprint density at radius 3 is 2.88 bits per heavy atom. The predicted molar refractivity (Wildman–Crippen MR) is 77.8 cm³/mol. The van der Waals surface area contributed by atoms with E-state index in [-0.39, 0.29) is 0 Å². The average Bonchev–Trinajstić information content (AvgIpc) is 2.73. The number of nitrogens with zero attached hydrogens (tertiary/aromatic N) is 1. The smallest absolute Gasteiger partial charge is 0.0168 e. The van der Waals surface area contributed by atoms with Gasteiger partial charge in [0.15, 0.2) is 0 Å². The molecule has 2 aliphatic heterocycles. The molecule has 0 aromatic rings. The number of likely N-dealkylation sites (tertiary alicyclic amines) is 1. The third-order valence-corrected chi connectivity index (χ3v) is 5.55. The summed E-state index contributed by atoms with van der Waals surface area (Å²) in [4.78, 5) is 2.68. The largest absolute Gasteiger partial charge is 0.313 e. The van der Waals surface area contributed by atoms with Crippen molar-refractivity contribution in [3.63, 3.8) is 0 Å². The molecule has 2 nitrogen and oxygen atoms in total. The summed E-state index contributed by atoms with van der Waals surface area (Å²) in [5.41, 5.74) is 0. The molecule has 0 bridgehead atoms. The minimum atomic E-state index is 0.786. The lowest BCUT2D eigenvalue weighted by molar-refractivity contribution is 0.158. The van der Waals surface area contributed by atoms with Crippen LogP contribution in [0.15, 0.2) is 0 Å². The Morgan fingerprint density at radius 2 is 2.18 bits per heavy atom. The van der Waals surface area contributed by atoms with Crippen LogP contribution < -0.4 is 5.32 Å². The van der Waals surface area contributed by atoms with E-state index in [1.807, 2.05) is 0 Å². The van der Waals surface area contributed by atoms with Gasteiger partial charge in [-0.15, -0.1) is 0 Å². The second kappa shape index (κ2) is 7.01. The number of piperidine rings is 1. The minimum absolute atomic E-state index is 0.786. The quantitative estimate of drug-likeness (QED) is 0.762. The van der Waals surface area contributed by atoms with Crippen LogP contribution in [0.2, 0.25) is 0 Å². The van der Waals surface area contributed by atoms with Crippen molar-refractivity contribution >= 4 is 11.8 Å². The first-order valence-electron chi connectivity index (χ1n) is 7.34.